The smallest absolute Gasteiger partial charge is 0.134 e. The third-order valence-electron chi connectivity index (χ3n) is 4.75. The summed E-state index contributed by atoms with van der Waals surface area (Å²) >= 11 is 0. The van der Waals surface area contributed by atoms with Gasteiger partial charge in [0.05, 0.1) is 0 Å². The van der Waals surface area contributed by atoms with Gasteiger partial charge >= 0.3 is 0 Å². The van der Waals surface area contributed by atoms with E-state index in [9.17, 15) is 0 Å². The summed E-state index contributed by atoms with van der Waals surface area (Å²) in [5, 5.41) is 3.37. The number of hydrogen-bond acceptors (Lipinski definition) is 4. The van der Waals surface area contributed by atoms with Crippen LogP contribution < -0.4 is 10.2 Å². The molecule has 0 unspecified atom stereocenters. The second kappa shape index (κ2) is 6.08. The van der Waals surface area contributed by atoms with E-state index in [0.29, 0.717) is 12.0 Å². The summed E-state index contributed by atoms with van der Waals surface area (Å²) in [6.07, 6.45) is 7.79. The van der Waals surface area contributed by atoms with Gasteiger partial charge < -0.3 is 10.2 Å². The zero-order chi connectivity index (χ0) is 13.9. The first-order chi connectivity index (χ1) is 9.76. The number of rotatable bonds is 3. The van der Waals surface area contributed by atoms with Crippen LogP contribution in [0.1, 0.15) is 56.0 Å². The lowest BCUT2D eigenvalue weighted by Crippen LogP contribution is -2.30. The maximum atomic E-state index is 4.90. The number of hydrogen-bond donors (Lipinski definition) is 1. The van der Waals surface area contributed by atoms with E-state index in [4.69, 9.17) is 9.97 Å². The molecule has 1 aromatic rings. The van der Waals surface area contributed by atoms with Crippen LogP contribution in [0.15, 0.2) is 6.07 Å². The van der Waals surface area contributed by atoms with E-state index >= 15 is 0 Å². The highest BCUT2D eigenvalue weighted by Gasteiger charge is 2.24. The topological polar surface area (TPSA) is 41.0 Å². The van der Waals surface area contributed by atoms with Crippen LogP contribution in [-0.4, -0.2) is 36.1 Å². The van der Waals surface area contributed by atoms with Crippen LogP contribution in [0.4, 0.5) is 5.82 Å². The number of aromatic nitrogens is 2. The number of anilines is 1. The van der Waals surface area contributed by atoms with Gasteiger partial charge in [0, 0.05) is 36.8 Å². The minimum Gasteiger partial charge on any atom is -0.355 e. The highest BCUT2D eigenvalue weighted by Crippen LogP contribution is 2.32. The molecule has 1 aromatic heterocycles. The van der Waals surface area contributed by atoms with Crippen molar-refractivity contribution in [3.63, 3.8) is 0 Å². The largest absolute Gasteiger partial charge is 0.355 e. The molecular weight excluding hydrogens is 248 g/mol. The molecule has 1 aliphatic carbocycles. The molecule has 1 atom stereocenters. The minimum atomic E-state index is 0.588. The summed E-state index contributed by atoms with van der Waals surface area (Å²) in [5.41, 5.74) is 1.11. The molecule has 4 heteroatoms. The number of aryl methyl sites for hydroxylation is 1. The predicted molar refractivity (Wildman–Crippen MR) is 82.3 cm³/mol. The van der Waals surface area contributed by atoms with Crippen LogP contribution >= 0.6 is 0 Å². The monoisotopic (exact) mass is 274 g/mol. The van der Waals surface area contributed by atoms with Gasteiger partial charge in [-0.3, -0.25) is 0 Å². The molecule has 1 saturated heterocycles. The van der Waals surface area contributed by atoms with E-state index in [1.807, 2.05) is 7.05 Å². The molecule has 0 aromatic carbocycles. The summed E-state index contributed by atoms with van der Waals surface area (Å²) < 4.78 is 0. The molecule has 1 N–H and O–H groups in total. The Morgan fingerprint density at radius 1 is 1.15 bits per heavy atom. The second-order valence-electron chi connectivity index (χ2n) is 6.28. The first-order valence-electron chi connectivity index (χ1n) is 8.04. The summed E-state index contributed by atoms with van der Waals surface area (Å²) in [6, 6.07) is 2.74. The summed E-state index contributed by atoms with van der Waals surface area (Å²) in [6.45, 7) is 4.27. The fraction of sp³-hybridized carbons (Fsp3) is 0.750. The van der Waals surface area contributed by atoms with Gasteiger partial charge in [-0.05, 0) is 33.2 Å². The molecule has 0 radical (unpaired) electrons. The van der Waals surface area contributed by atoms with Crippen molar-refractivity contribution in [2.75, 3.05) is 25.0 Å². The van der Waals surface area contributed by atoms with Gasteiger partial charge in [-0.15, -0.1) is 0 Å². The van der Waals surface area contributed by atoms with Crippen molar-refractivity contribution in [1.82, 2.24) is 15.3 Å². The van der Waals surface area contributed by atoms with Gasteiger partial charge in [0.15, 0.2) is 0 Å². The Morgan fingerprint density at radius 2 is 1.95 bits per heavy atom. The van der Waals surface area contributed by atoms with Crippen molar-refractivity contribution >= 4 is 5.82 Å². The van der Waals surface area contributed by atoms with Gasteiger partial charge in [0.25, 0.3) is 0 Å². The molecule has 4 nitrogen and oxygen atoms in total. The molecule has 0 spiro atoms. The fourth-order valence-corrected chi connectivity index (χ4v) is 3.48. The fourth-order valence-electron chi connectivity index (χ4n) is 3.48. The van der Waals surface area contributed by atoms with E-state index in [0.717, 1.165) is 30.4 Å². The van der Waals surface area contributed by atoms with Crippen molar-refractivity contribution in [2.45, 2.75) is 57.4 Å². The Labute approximate surface area is 122 Å². The van der Waals surface area contributed by atoms with Gasteiger partial charge in [-0.2, -0.15) is 0 Å². The van der Waals surface area contributed by atoms with Crippen LogP contribution in [0.25, 0.3) is 0 Å². The maximum absolute atomic E-state index is 4.90. The molecule has 0 amide bonds. The Balaban J connectivity index is 1.79. The molecule has 1 aliphatic heterocycles. The second-order valence-corrected chi connectivity index (χ2v) is 6.28. The first-order valence-corrected chi connectivity index (χ1v) is 8.04. The zero-order valence-electron chi connectivity index (χ0n) is 12.7. The van der Waals surface area contributed by atoms with Crippen molar-refractivity contribution in [1.29, 1.82) is 0 Å². The van der Waals surface area contributed by atoms with Crippen LogP contribution in [0.5, 0.6) is 0 Å². The predicted octanol–water partition coefficient (Wildman–Crippen LogP) is 2.63. The lowest BCUT2D eigenvalue weighted by Gasteiger charge is -2.23. The Morgan fingerprint density at radius 3 is 2.65 bits per heavy atom. The van der Waals surface area contributed by atoms with Crippen molar-refractivity contribution < 1.29 is 0 Å². The Kier molecular flexibility index (Phi) is 4.20. The van der Waals surface area contributed by atoms with Crippen LogP contribution in [-0.2, 0) is 0 Å². The number of likely N-dealkylation sites (N-methyl/N-ethyl adjacent to an activating group) is 1. The summed E-state index contributed by atoms with van der Waals surface area (Å²) in [7, 11) is 2.05. The molecular formula is C16H26N4. The third kappa shape index (κ3) is 2.95. The Bertz CT molecular complexity index is 454. The average Bonchev–Trinajstić information content (AvgIpc) is 2.96. The highest BCUT2D eigenvalue weighted by atomic mass is 15.2. The van der Waals surface area contributed by atoms with Gasteiger partial charge in [0.1, 0.15) is 11.6 Å². The van der Waals surface area contributed by atoms with Crippen molar-refractivity contribution in [3.8, 4) is 0 Å². The van der Waals surface area contributed by atoms with E-state index in [1.165, 1.54) is 38.5 Å². The molecule has 0 bridgehead atoms. The maximum Gasteiger partial charge on any atom is 0.134 e. The minimum absolute atomic E-state index is 0.588. The molecule has 2 fully saturated rings. The first kappa shape index (κ1) is 13.8. The standard InChI is InChI=1S/C16H26N4/c1-12-10-15(20-9-8-14(11-20)17-2)19-16(18-12)13-6-4-3-5-7-13/h10,13-14,17H,3-9,11H2,1-2H3/t14-/m1/s1. The summed E-state index contributed by atoms with van der Waals surface area (Å²) in [5.74, 6) is 2.81. The summed E-state index contributed by atoms with van der Waals surface area (Å²) in [4.78, 5) is 12.0. The third-order valence-corrected chi connectivity index (χ3v) is 4.75. The number of nitrogens with zero attached hydrogens (tertiary/aromatic N) is 3. The van der Waals surface area contributed by atoms with Crippen molar-refractivity contribution in [3.05, 3.63) is 17.6 Å². The number of nitrogens with one attached hydrogen (secondary N) is 1. The van der Waals surface area contributed by atoms with Crippen LogP contribution in [0, 0.1) is 6.92 Å². The molecule has 3 rings (SSSR count). The normalized spacial score (nSPS) is 24.3. The lowest BCUT2D eigenvalue weighted by atomic mass is 9.88. The quantitative estimate of drug-likeness (QED) is 0.920. The van der Waals surface area contributed by atoms with Gasteiger partial charge in [0.2, 0.25) is 0 Å². The highest BCUT2D eigenvalue weighted by molar-refractivity contribution is 5.41. The molecule has 1 saturated carbocycles. The molecule has 2 aliphatic rings. The van der Waals surface area contributed by atoms with Crippen LogP contribution in [0.2, 0.25) is 0 Å². The SMILES string of the molecule is CN[C@@H]1CCN(c2cc(C)nc(C3CCCCC3)n2)C1. The van der Waals surface area contributed by atoms with Gasteiger partial charge in [-0.1, -0.05) is 19.3 Å². The molecule has 2 heterocycles. The molecule has 110 valence electrons. The van der Waals surface area contributed by atoms with E-state index in [1.54, 1.807) is 0 Å². The lowest BCUT2D eigenvalue weighted by molar-refractivity contribution is 0.428. The zero-order valence-corrected chi connectivity index (χ0v) is 12.7. The van der Waals surface area contributed by atoms with E-state index in [2.05, 4.69) is 23.2 Å². The Hall–Kier alpha value is -1.16. The van der Waals surface area contributed by atoms with Crippen molar-refractivity contribution in [2.24, 2.45) is 0 Å². The van der Waals surface area contributed by atoms with E-state index in [-0.39, 0.29) is 0 Å². The van der Waals surface area contributed by atoms with Gasteiger partial charge in [-0.25, -0.2) is 9.97 Å². The molecule has 20 heavy (non-hydrogen) atoms. The van der Waals surface area contributed by atoms with E-state index < -0.39 is 0 Å². The average molecular weight is 274 g/mol. The van der Waals surface area contributed by atoms with Crippen LogP contribution in [0.3, 0.4) is 0 Å².